The zero-order valence-electron chi connectivity index (χ0n) is 15.8. The lowest BCUT2D eigenvalue weighted by Gasteiger charge is -2.33. The Morgan fingerprint density at radius 3 is 2.42 bits per heavy atom. The molecule has 0 aliphatic carbocycles. The summed E-state index contributed by atoms with van der Waals surface area (Å²) in [5, 5.41) is 7.56. The number of carbonyl (C=O) groups excluding carboxylic acids is 1. The van der Waals surface area contributed by atoms with Crippen LogP contribution in [0.3, 0.4) is 0 Å². The predicted molar refractivity (Wildman–Crippen MR) is 102 cm³/mol. The maximum Gasteiger partial charge on any atom is 0.435 e. The number of halogens is 5. The zero-order valence-corrected chi connectivity index (χ0v) is 16.6. The van der Waals surface area contributed by atoms with Crippen molar-refractivity contribution in [3.63, 3.8) is 0 Å². The van der Waals surface area contributed by atoms with Gasteiger partial charge in [-0.05, 0) is 42.0 Å². The SMILES string of the molecule is O=C(c1nnn(-c2ccc(F)cc2)c1C(F)(F)F)N1CCOC(c2ccc(Cl)cc2)C1. The molecule has 31 heavy (non-hydrogen) atoms. The smallest absolute Gasteiger partial charge is 0.370 e. The molecule has 1 saturated heterocycles. The van der Waals surface area contributed by atoms with Crippen LogP contribution in [0.5, 0.6) is 0 Å². The maximum atomic E-state index is 13.8. The molecule has 1 aliphatic rings. The van der Waals surface area contributed by atoms with Crippen molar-refractivity contribution in [3.05, 3.63) is 76.3 Å². The van der Waals surface area contributed by atoms with Gasteiger partial charge in [-0.15, -0.1) is 5.10 Å². The number of aromatic nitrogens is 3. The lowest BCUT2D eigenvalue weighted by Crippen LogP contribution is -2.43. The van der Waals surface area contributed by atoms with Crippen LogP contribution in [-0.2, 0) is 10.9 Å². The molecule has 0 saturated carbocycles. The van der Waals surface area contributed by atoms with Gasteiger partial charge in [-0.3, -0.25) is 4.79 Å². The third kappa shape index (κ3) is 4.40. The summed E-state index contributed by atoms with van der Waals surface area (Å²) < 4.78 is 60.8. The van der Waals surface area contributed by atoms with Crippen LogP contribution in [0.1, 0.15) is 27.8 Å². The van der Waals surface area contributed by atoms with Gasteiger partial charge in [0.05, 0.1) is 18.8 Å². The molecular weight excluding hydrogens is 440 g/mol. The second kappa shape index (κ2) is 8.27. The number of amides is 1. The van der Waals surface area contributed by atoms with Crippen molar-refractivity contribution < 1.29 is 27.1 Å². The van der Waals surface area contributed by atoms with E-state index >= 15 is 0 Å². The summed E-state index contributed by atoms with van der Waals surface area (Å²) in [6.07, 6.45) is -5.43. The standard InChI is InChI=1S/C20H15ClF4N4O2/c21-13-3-1-12(2-4-13)16-11-28(9-10-31-16)19(30)17-18(20(23,24)25)29(27-26-17)15-7-5-14(22)6-8-15/h1-8,16H,9-11H2. The molecule has 162 valence electrons. The lowest BCUT2D eigenvalue weighted by molar-refractivity contribution is -0.143. The Morgan fingerprint density at radius 1 is 1.10 bits per heavy atom. The number of morpholine rings is 1. The Bertz CT molecular complexity index is 1080. The Morgan fingerprint density at radius 2 is 1.77 bits per heavy atom. The highest BCUT2D eigenvalue weighted by atomic mass is 35.5. The van der Waals surface area contributed by atoms with E-state index in [9.17, 15) is 22.4 Å². The molecule has 3 aromatic rings. The fourth-order valence-corrected chi connectivity index (χ4v) is 3.43. The van der Waals surface area contributed by atoms with Crippen molar-refractivity contribution in [1.82, 2.24) is 19.9 Å². The van der Waals surface area contributed by atoms with Crippen molar-refractivity contribution >= 4 is 17.5 Å². The fraction of sp³-hybridized carbons (Fsp3) is 0.250. The molecule has 1 unspecified atom stereocenters. The molecule has 2 heterocycles. The third-order valence-electron chi connectivity index (χ3n) is 4.81. The second-order valence-corrected chi connectivity index (χ2v) is 7.27. The first-order chi connectivity index (χ1) is 14.7. The third-order valence-corrected chi connectivity index (χ3v) is 5.06. The molecule has 0 spiro atoms. The molecular formula is C20H15ClF4N4O2. The number of ether oxygens (including phenoxy) is 1. The molecule has 1 atom stereocenters. The summed E-state index contributed by atoms with van der Waals surface area (Å²) in [4.78, 5) is 14.2. The van der Waals surface area contributed by atoms with Crippen molar-refractivity contribution in [2.24, 2.45) is 0 Å². The van der Waals surface area contributed by atoms with Gasteiger partial charge in [-0.2, -0.15) is 13.2 Å². The normalized spacial score (nSPS) is 17.1. The van der Waals surface area contributed by atoms with Gasteiger partial charge in [-0.25, -0.2) is 9.07 Å². The van der Waals surface area contributed by atoms with E-state index in [-0.39, 0.29) is 25.4 Å². The molecule has 2 aromatic carbocycles. The van der Waals surface area contributed by atoms with Crippen LogP contribution >= 0.6 is 11.6 Å². The number of nitrogens with zero attached hydrogens (tertiary/aromatic N) is 4. The first-order valence-electron chi connectivity index (χ1n) is 9.19. The van der Waals surface area contributed by atoms with Crippen molar-refractivity contribution in [2.75, 3.05) is 19.7 Å². The Kier molecular flexibility index (Phi) is 5.67. The van der Waals surface area contributed by atoms with E-state index in [2.05, 4.69) is 10.3 Å². The molecule has 6 nitrogen and oxygen atoms in total. The second-order valence-electron chi connectivity index (χ2n) is 6.83. The van der Waals surface area contributed by atoms with Crippen LogP contribution in [-0.4, -0.2) is 45.5 Å². The maximum absolute atomic E-state index is 13.8. The van der Waals surface area contributed by atoms with Gasteiger partial charge in [0.15, 0.2) is 11.4 Å². The van der Waals surface area contributed by atoms with E-state index in [1.54, 1.807) is 24.3 Å². The highest BCUT2D eigenvalue weighted by Crippen LogP contribution is 2.34. The van der Waals surface area contributed by atoms with Gasteiger partial charge in [0.25, 0.3) is 5.91 Å². The minimum Gasteiger partial charge on any atom is -0.370 e. The Labute approximate surface area is 179 Å². The fourth-order valence-electron chi connectivity index (χ4n) is 3.31. The topological polar surface area (TPSA) is 60.2 Å². The number of hydrogen-bond acceptors (Lipinski definition) is 4. The van der Waals surface area contributed by atoms with Gasteiger partial charge in [0.2, 0.25) is 0 Å². The van der Waals surface area contributed by atoms with Crippen LogP contribution in [0, 0.1) is 5.82 Å². The molecule has 1 aromatic heterocycles. The molecule has 1 amide bonds. The number of rotatable bonds is 3. The van der Waals surface area contributed by atoms with Crippen LogP contribution in [0.25, 0.3) is 5.69 Å². The van der Waals surface area contributed by atoms with E-state index in [4.69, 9.17) is 16.3 Å². The lowest BCUT2D eigenvalue weighted by atomic mass is 10.1. The van der Waals surface area contributed by atoms with Crippen molar-refractivity contribution in [1.29, 1.82) is 0 Å². The summed E-state index contributed by atoms with van der Waals surface area (Å²) in [5.74, 6) is -1.53. The van der Waals surface area contributed by atoms with E-state index in [1.807, 2.05) is 0 Å². The van der Waals surface area contributed by atoms with Gasteiger partial charge in [-0.1, -0.05) is 28.9 Å². The van der Waals surface area contributed by atoms with Gasteiger partial charge in [0, 0.05) is 11.6 Å². The highest BCUT2D eigenvalue weighted by molar-refractivity contribution is 6.30. The van der Waals surface area contributed by atoms with Crippen LogP contribution in [0.4, 0.5) is 17.6 Å². The number of benzene rings is 2. The number of alkyl halides is 3. The Balaban J connectivity index is 1.65. The van der Waals surface area contributed by atoms with E-state index in [0.29, 0.717) is 9.70 Å². The molecule has 0 bridgehead atoms. The average Bonchev–Trinajstić information content (AvgIpc) is 3.20. The Hall–Kier alpha value is -2.98. The predicted octanol–water partition coefficient (Wildman–Crippen LogP) is 4.29. The first-order valence-corrected chi connectivity index (χ1v) is 9.57. The molecule has 4 rings (SSSR count). The van der Waals surface area contributed by atoms with Crippen LogP contribution in [0.15, 0.2) is 48.5 Å². The minimum atomic E-state index is -4.91. The summed E-state index contributed by atoms with van der Waals surface area (Å²) >= 11 is 5.88. The first kappa shape index (κ1) is 21.3. The van der Waals surface area contributed by atoms with Crippen molar-refractivity contribution in [3.8, 4) is 5.69 Å². The van der Waals surface area contributed by atoms with Gasteiger partial charge in [0.1, 0.15) is 11.9 Å². The molecule has 11 heteroatoms. The quantitative estimate of drug-likeness (QED) is 0.554. The molecule has 1 aliphatic heterocycles. The van der Waals surface area contributed by atoms with Crippen molar-refractivity contribution in [2.45, 2.75) is 12.3 Å². The summed E-state index contributed by atoms with van der Waals surface area (Å²) in [7, 11) is 0. The number of hydrogen-bond donors (Lipinski definition) is 0. The summed E-state index contributed by atoms with van der Waals surface area (Å²) in [5.41, 5.74) is -1.47. The van der Waals surface area contributed by atoms with E-state index < -0.39 is 35.4 Å². The summed E-state index contributed by atoms with van der Waals surface area (Å²) in [6, 6.07) is 11.0. The zero-order chi connectivity index (χ0) is 22.2. The van der Waals surface area contributed by atoms with Crippen LogP contribution < -0.4 is 0 Å². The molecule has 0 radical (unpaired) electrons. The van der Waals surface area contributed by atoms with E-state index in [0.717, 1.165) is 29.8 Å². The van der Waals surface area contributed by atoms with Crippen LogP contribution in [0.2, 0.25) is 5.02 Å². The summed E-state index contributed by atoms with van der Waals surface area (Å²) in [6.45, 7) is 0.289. The van der Waals surface area contributed by atoms with E-state index in [1.165, 1.54) is 4.90 Å². The monoisotopic (exact) mass is 454 g/mol. The molecule has 1 fully saturated rings. The van der Waals surface area contributed by atoms with Gasteiger partial charge < -0.3 is 9.64 Å². The minimum absolute atomic E-state index is 0.0428. The molecule has 0 N–H and O–H groups in total. The number of carbonyl (C=O) groups is 1. The van der Waals surface area contributed by atoms with Gasteiger partial charge >= 0.3 is 6.18 Å². The average molecular weight is 455 g/mol. The highest BCUT2D eigenvalue weighted by Gasteiger charge is 2.43. The largest absolute Gasteiger partial charge is 0.435 e.